The van der Waals surface area contributed by atoms with Gasteiger partial charge in [-0.25, -0.2) is 0 Å². The monoisotopic (exact) mass is 313 g/mol. The van der Waals surface area contributed by atoms with E-state index in [4.69, 9.17) is 5.11 Å². The van der Waals surface area contributed by atoms with Crippen molar-refractivity contribution in [1.29, 1.82) is 0 Å². The van der Waals surface area contributed by atoms with Crippen molar-refractivity contribution in [3.8, 4) is 0 Å². The van der Waals surface area contributed by atoms with Crippen LogP contribution in [0.1, 0.15) is 35.2 Å². The molecule has 0 aliphatic carbocycles. The van der Waals surface area contributed by atoms with Crippen LogP contribution < -0.4 is 0 Å². The zero-order chi connectivity index (χ0) is 13.5. The Hall–Kier alpha value is -0.870. The first-order valence-corrected chi connectivity index (χ1v) is 6.98. The van der Waals surface area contributed by atoms with Gasteiger partial charge in [-0.15, -0.1) is 0 Å². The van der Waals surface area contributed by atoms with Gasteiger partial charge in [-0.2, -0.15) is 0 Å². The number of rotatable bonds is 6. The zero-order valence-corrected chi connectivity index (χ0v) is 12.5. The number of hydrogen-bond donors (Lipinski definition) is 1. The molecule has 0 spiro atoms. The number of nitrogens with zero attached hydrogens (tertiary/aromatic N) is 1. The lowest BCUT2D eigenvalue weighted by molar-refractivity contribution is 0.0792. The Balaban J connectivity index is 2.54. The molecular weight excluding hydrogens is 294 g/mol. The Labute approximate surface area is 117 Å². The smallest absolute Gasteiger partial charge is 0.253 e. The second kappa shape index (κ2) is 7.54. The first kappa shape index (κ1) is 15.2. The number of carbonyl (C=O) groups is 1. The van der Waals surface area contributed by atoms with Gasteiger partial charge in [0.25, 0.3) is 5.91 Å². The van der Waals surface area contributed by atoms with Crippen LogP contribution in [-0.4, -0.2) is 36.1 Å². The fraction of sp³-hybridized carbons (Fsp3) is 0.500. The van der Waals surface area contributed by atoms with Gasteiger partial charge in [0.05, 0.1) is 0 Å². The fourth-order valence-electron chi connectivity index (χ4n) is 1.69. The van der Waals surface area contributed by atoms with Crippen molar-refractivity contribution in [2.75, 3.05) is 20.2 Å². The Morgan fingerprint density at radius 2 is 2.06 bits per heavy atom. The van der Waals surface area contributed by atoms with E-state index in [2.05, 4.69) is 15.9 Å². The summed E-state index contributed by atoms with van der Waals surface area (Å²) in [4.78, 5) is 13.9. The van der Waals surface area contributed by atoms with Gasteiger partial charge in [0.2, 0.25) is 0 Å². The lowest BCUT2D eigenvalue weighted by Gasteiger charge is -2.17. The number of hydrogen-bond acceptors (Lipinski definition) is 2. The largest absolute Gasteiger partial charge is 0.396 e. The van der Waals surface area contributed by atoms with Crippen molar-refractivity contribution in [2.45, 2.75) is 26.2 Å². The van der Waals surface area contributed by atoms with Crippen LogP contribution in [0.5, 0.6) is 0 Å². The minimum atomic E-state index is 0.0414. The Morgan fingerprint density at radius 3 is 2.67 bits per heavy atom. The van der Waals surface area contributed by atoms with Crippen LogP contribution in [0.25, 0.3) is 0 Å². The molecule has 100 valence electrons. The molecule has 0 radical (unpaired) electrons. The molecule has 0 aliphatic rings. The Bertz CT molecular complexity index is 407. The number of amides is 1. The number of aliphatic hydroxyl groups excluding tert-OH is 1. The van der Waals surface area contributed by atoms with Crippen molar-refractivity contribution in [3.63, 3.8) is 0 Å². The topological polar surface area (TPSA) is 40.5 Å². The van der Waals surface area contributed by atoms with E-state index >= 15 is 0 Å². The van der Waals surface area contributed by atoms with E-state index < -0.39 is 0 Å². The van der Waals surface area contributed by atoms with Crippen molar-refractivity contribution in [3.05, 3.63) is 33.8 Å². The molecule has 4 heteroatoms. The number of benzene rings is 1. The van der Waals surface area contributed by atoms with Crippen LogP contribution in [0.4, 0.5) is 0 Å². The quantitative estimate of drug-likeness (QED) is 0.820. The molecule has 1 rings (SSSR count). The summed E-state index contributed by atoms with van der Waals surface area (Å²) in [5.41, 5.74) is 1.83. The first-order chi connectivity index (χ1) is 8.56. The van der Waals surface area contributed by atoms with Gasteiger partial charge < -0.3 is 10.0 Å². The maximum Gasteiger partial charge on any atom is 0.253 e. The average Bonchev–Trinajstić information content (AvgIpc) is 2.37. The normalized spacial score (nSPS) is 10.4. The summed E-state index contributed by atoms with van der Waals surface area (Å²) in [6.45, 7) is 2.95. The lowest BCUT2D eigenvalue weighted by Crippen LogP contribution is -2.27. The van der Waals surface area contributed by atoms with Crippen molar-refractivity contribution in [1.82, 2.24) is 4.90 Å². The van der Waals surface area contributed by atoms with Gasteiger partial charge >= 0.3 is 0 Å². The van der Waals surface area contributed by atoms with E-state index in [0.717, 1.165) is 35.8 Å². The molecule has 0 saturated heterocycles. The van der Waals surface area contributed by atoms with E-state index in [1.54, 1.807) is 4.90 Å². The molecule has 3 nitrogen and oxygen atoms in total. The Morgan fingerprint density at radius 1 is 1.33 bits per heavy atom. The number of aliphatic hydroxyl groups is 1. The predicted octanol–water partition coefficient (Wildman–Crippen LogP) is 2.99. The first-order valence-electron chi connectivity index (χ1n) is 6.18. The third-order valence-corrected chi connectivity index (χ3v) is 3.77. The minimum Gasteiger partial charge on any atom is -0.396 e. The fourth-order valence-corrected chi connectivity index (χ4v) is 2.06. The molecule has 18 heavy (non-hydrogen) atoms. The number of halogens is 1. The number of aryl methyl sites for hydroxylation is 1. The van der Waals surface area contributed by atoms with Crippen molar-refractivity contribution < 1.29 is 9.90 Å². The Kier molecular flexibility index (Phi) is 6.36. The molecule has 1 N–H and O–H groups in total. The summed E-state index contributed by atoms with van der Waals surface area (Å²) in [5, 5.41) is 8.69. The van der Waals surface area contributed by atoms with E-state index in [1.807, 2.05) is 32.2 Å². The molecular formula is C14H20BrNO2. The third kappa shape index (κ3) is 4.42. The highest BCUT2D eigenvalue weighted by atomic mass is 79.9. The molecule has 0 bridgehead atoms. The standard InChI is InChI=1S/C14H20BrNO2/c1-11-6-7-12(10-13(11)15)14(18)16(2)8-4-3-5-9-17/h6-7,10,17H,3-5,8-9H2,1-2H3. The predicted molar refractivity (Wildman–Crippen MR) is 76.8 cm³/mol. The summed E-state index contributed by atoms with van der Waals surface area (Å²) in [7, 11) is 1.81. The second-order valence-electron chi connectivity index (χ2n) is 4.47. The lowest BCUT2D eigenvalue weighted by atomic mass is 10.1. The molecule has 0 saturated carbocycles. The molecule has 1 aromatic rings. The summed E-state index contributed by atoms with van der Waals surface area (Å²) in [6, 6.07) is 5.66. The number of unbranched alkanes of at least 4 members (excludes halogenated alkanes) is 2. The van der Waals surface area contributed by atoms with Gasteiger partial charge in [-0.1, -0.05) is 22.0 Å². The van der Waals surface area contributed by atoms with Gasteiger partial charge in [0, 0.05) is 30.2 Å². The maximum absolute atomic E-state index is 12.1. The highest BCUT2D eigenvalue weighted by Gasteiger charge is 2.11. The molecule has 0 unspecified atom stereocenters. The highest BCUT2D eigenvalue weighted by Crippen LogP contribution is 2.18. The van der Waals surface area contributed by atoms with Crippen LogP contribution >= 0.6 is 15.9 Å². The molecule has 0 aromatic heterocycles. The zero-order valence-electron chi connectivity index (χ0n) is 10.9. The van der Waals surface area contributed by atoms with Crippen LogP contribution in [0, 0.1) is 6.92 Å². The van der Waals surface area contributed by atoms with Crippen LogP contribution in [-0.2, 0) is 0 Å². The van der Waals surface area contributed by atoms with Crippen LogP contribution in [0.3, 0.4) is 0 Å². The highest BCUT2D eigenvalue weighted by molar-refractivity contribution is 9.10. The van der Waals surface area contributed by atoms with Gasteiger partial charge in [-0.05, 0) is 43.9 Å². The molecule has 1 amide bonds. The molecule has 0 fully saturated rings. The van der Waals surface area contributed by atoms with E-state index in [9.17, 15) is 4.79 Å². The molecule has 0 heterocycles. The van der Waals surface area contributed by atoms with Gasteiger partial charge in [0.15, 0.2) is 0 Å². The van der Waals surface area contributed by atoms with Crippen LogP contribution in [0.15, 0.2) is 22.7 Å². The molecule has 0 aliphatic heterocycles. The second-order valence-corrected chi connectivity index (χ2v) is 5.33. The average molecular weight is 314 g/mol. The van der Waals surface area contributed by atoms with E-state index in [-0.39, 0.29) is 12.5 Å². The van der Waals surface area contributed by atoms with E-state index in [0.29, 0.717) is 5.56 Å². The third-order valence-electron chi connectivity index (χ3n) is 2.92. The summed E-state index contributed by atoms with van der Waals surface area (Å²) >= 11 is 3.44. The SMILES string of the molecule is Cc1ccc(C(=O)N(C)CCCCCO)cc1Br. The van der Waals surface area contributed by atoms with Crippen molar-refractivity contribution >= 4 is 21.8 Å². The summed E-state index contributed by atoms with van der Waals surface area (Å²) in [6.07, 6.45) is 2.68. The number of carbonyl (C=O) groups excluding carboxylic acids is 1. The summed E-state index contributed by atoms with van der Waals surface area (Å²) in [5.74, 6) is 0.0414. The summed E-state index contributed by atoms with van der Waals surface area (Å²) < 4.78 is 0.960. The van der Waals surface area contributed by atoms with Crippen LogP contribution in [0.2, 0.25) is 0 Å². The van der Waals surface area contributed by atoms with Crippen molar-refractivity contribution in [2.24, 2.45) is 0 Å². The van der Waals surface area contributed by atoms with E-state index in [1.165, 1.54) is 0 Å². The molecule has 1 aromatic carbocycles. The maximum atomic E-state index is 12.1. The van der Waals surface area contributed by atoms with Gasteiger partial charge in [0.1, 0.15) is 0 Å². The van der Waals surface area contributed by atoms with Gasteiger partial charge in [-0.3, -0.25) is 4.79 Å². The molecule has 0 atom stereocenters. The minimum absolute atomic E-state index is 0.0414.